The molecule has 0 bridgehead atoms. The number of aromatic nitrogens is 2. The summed E-state index contributed by atoms with van der Waals surface area (Å²) in [6.45, 7) is 4.71. The van der Waals surface area contributed by atoms with E-state index in [0.29, 0.717) is 10.9 Å². The van der Waals surface area contributed by atoms with Crippen LogP contribution in [-0.4, -0.2) is 33.6 Å². The number of halogens is 1. The predicted octanol–water partition coefficient (Wildman–Crippen LogP) is 4.04. The molecule has 0 radical (unpaired) electrons. The number of anilines is 1. The number of amides is 2. The highest BCUT2D eigenvalue weighted by atomic mass is 35.5. The summed E-state index contributed by atoms with van der Waals surface area (Å²) < 4.78 is 2.24. The first-order valence-corrected chi connectivity index (χ1v) is 8.85. The summed E-state index contributed by atoms with van der Waals surface area (Å²) in [6.07, 6.45) is 6.92. The molecule has 1 aromatic heterocycles. The lowest BCUT2D eigenvalue weighted by atomic mass is 9.97. The normalized spacial score (nSPS) is 15.5. The Hall–Kier alpha value is -2.01. The Labute approximate surface area is 147 Å². The minimum absolute atomic E-state index is 0.0346. The third kappa shape index (κ3) is 4.09. The second-order valence-corrected chi connectivity index (χ2v) is 6.65. The molecule has 0 unspecified atom stereocenters. The predicted molar refractivity (Wildman–Crippen MR) is 96.4 cm³/mol. The van der Waals surface area contributed by atoms with Crippen LogP contribution in [-0.2, 0) is 13.0 Å². The molecule has 1 aliphatic rings. The summed E-state index contributed by atoms with van der Waals surface area (Å²) in [7, 11) is 0. The van der Waals surface area contributed by atoms with E-state index in [4.69, 9.17) is 11.6 Å². The molecule has 1 N–H and O–H groups in total. The van der Waals surface area contributed by atoms with Gasteiger partial charge in [-0.2, -0.15) is 0 Å². The third-order valence-electron chi connectivity index (χ3n) is 4.57. The molecular weight excluding hydrogens is 324 g/mol. The molecule has 6 heteroatoms. The van der Waals surface area contributed by atoms with Crippen LogP contribution >= 0.6 is 11.6 Å². The molecule has 1 fully saturated rings. The van der Waals surface area contributed by atoms with Gasteiger partial charge in [0, 0.05) is 49.2 Å². The summed E-state index contributed by atoms with van der Waals surface area (Å²) in [6, 6.07) is 7.16. The van der Waals surface area contributed by atoms with Gasteiger partial charge in [0.2, 0.25) is 0 Å². The number of hydrogen-bond donors (Lipinski definition) is 1. The highest BCUT2D eigenvalue weighted by Crippen LogP contribution is 2.21. The van der Waals surface area contributed by atoms with Gasteiger partial charge in [0.1, 0.15) is 5.82 Å². The molecule has 1 aromatic carbocycles. The lowest BCUT2D eigenvalue weighted by Crippen LogP contribution is -2.41. The standard InChI is InChI=1S/C18H23ClN4O/c1-2-17-20-9-12-23(17)13-14-7-10-22(11-8-14)18(24)21-16-5-3-15(19)4-6-16/h3-6,9,12,14H,2,7-8,10-11,13H2,1H3,(H,21,24). The molecular formula is C18H23ClN4O. The van der Waals surface area contributed by atoms with Gasteiger partial charge in [-0.1, -0.05) is 18.5 Å². The molecule has 1 aliphatic heterocycles. The van der Waals surface area contributed by atoms with Crippen LogP contribution in [0.5, 0.6) is 0 Å². The Morgan fingerprint density at radius 1 is 1.29 bits per heavy atom. The van der Waals surface area contributed by atoms with Gasteiger partial charge in [-0.15, -0.1) is 0 Å². The summed E-state index contributed by atoms with van der Waals surface area (Å²) >= 11 is 5.86. The molecule has 0 atom stereocenters. The Morgan fingerprint density at radius 2 is 2.00 bits per heavy atom. The van der Waals surface area contributed by atoms with E-state index < -0.39 is 0 Å². The topological polar surface area (TPSA) is 50.2 Å². The smallest absolute Gasteiger partial charge is 0.321 e. The SMILES string of the molecule is CCc1nccn1CC1CCN(C(=O)Nc2ccc(Cl)cc2)CC1. The van der Waals surface area contributed by atoms with Crippen LogP contribution in [0.3, 0.4) is 0 Å². The zero-order valence-corrected chi connectivity index (χ0v) is 14.7. The second kappa shape index (κ2) is 7.71. The van der Waals surface area contributed by atoms with Crippen molar-refractivity contribution in [2.75, 3.05) is 18.4 Å². The van der Waals surface area contributed by atoms with Crippen molar-refractivity contribution in [2.24, 2.45) is 5.92 Å². The molecule has 128 valence electrons. The average Bonchev–Trinajstić information content (AvgIpc) is 3.04. The zero-order chi connectivity index (χ0) is 16.9. The number of rotatable bonds is 4. The number of aryl methyl sites for hydroxylation is 1. The first kappa shape index (κ1) is 16.8. The number of likely N-dealkylation sites (tertiary alicyclic amines) is 1. The van der Waals surface area contributed by atoms with Gasteiger partial charge in [0.05, 0.1) is 0 Å². The molecule has 1 saturated heterocycles. The van der Waals surface area contributed by atoms with Crippen molar-refractivity contribution in [2.45, 2.75) is 32.7 Å². The van der Waals surface area contributed by atoms with E-state index in [2.05, 4.69) is 28.0 Å². The van der Waals surface area contributed by atoms with Crippen LogP contribution in [0.1, 0.15) is 25.6 Å². The van der Waals surface area contributed by atoms with Crippen LogP contribution in [0.15, 0.2) is 36.7 Å². The highest BCUT2D eigenvalue weighted by molar-refractivity contribution is 6.30. The third-order valence-corrected chi connectivity index (χ3v) is 4.82. The van der Waals surface area contributed by atoms with Crippen molar-refractivity contribution in [1.82, 2.24) is 14.5 Å². The molecule has 2 amide bonds. The minimum atomic E-state index is -0.0346. The fourth-order valence-corrected chi connectivity index (χ4v) is 3.28. The Morgan fingerprint density at radius 3 is 2.67 bits per heavy atom. The van der Waals surface area contributed by atoms with Crippen LogP contribution in [0, 0.1) is 5.92 Å². The maximum atomic E-state index is 12.3. The molecule has 24 heavy (non-hydrogen) atoms. The molecule has 2 aromatic rings. The summed E-state index contributed by atoms with van der Waals surface area (Å²) in [5.74, 6) is 1.74. The second-order valence-electron chi connectivity index (χ2n) is 6.22. The quantitative estimate of drug-likeness (QED) is 0.908. The van der Waals surface area contributed by atoms with Crippen molar-refractivity contribution in [3.63, 3.8) is 0 Å². The number of piperidine rings is 1. The van der Waals surface area contributed by atoms with Gasteiger partial charge in [-0.05, 0) is 43.0 Å². The van der Waals surface area contributed by atoms with E-state index in [1.807, 2.05) is 23.2 Å². The largest absolute Gasteiger partial charge is 0.335 e. The number of imidazole rings is 1. The van der Waals surface area contributed by atoms with Crippen LogP contribution < -0.4 is 5.32 Å². The van der Waals surface area contributed by atoms with Gasteiger partial charge in [-0.25, -0.2) is 9.78 Å². The zero-order valence-electron chi connectivity index (χ0n) is 13.9. The Kier molecular flexibility index (Phi) is 5.41. The van der Waals surface area contributed by atoms with Crippen molar-refractivity contribution in [3.05, 3.63) is 47.5 Å². The average molecular weight is 347 g/mol. The van der Waals surface area contributed by atoms with Gasteiger partial charge in [0.25, 0.3) is 0 Å². The lowest BCUT2D eigenvalue weighted by molar-refractivity contribution is 0.176. The number of carbonyl (C=O) groups excluding carboxylic acids is 1. The number of urea groups is 1. The van der Waals surface area contributed by atoms with Crippen LogP contribution in [0.25, 0.3) is 0 Å². The Balaban J connectivity index is 1.49. The molecule has 0 aliphatic carbocycles. The van der Waals surface area contributed by atoms with Gasteiger partial charge >= 0.3 is 6.03 Å². The van der Waals surface area contributed by atoms with E-state index in [1.54, 1.807) is 12.1 Å². The van der Waals surface area contributed by atoms with Gasteiger partial charge in [-0.3, -0.25) is 0 Å². The Bertz CT molecular complexity index is 675. The van der Waals surface area contributed by atoms with Gasteiger partial charge in [0.15, 0.2) is 0 Å². The van der Waals surface area contributed by atoms with Crippen LogP contribution in [0.4, 0.5) is 10.5 Å². The number of carbonyl (C=O) groups is 1. The number of nitrogens with one attached hydrogen (secondary N) is 1. The van der Waals surface area contributed by atoms with Crippen molar-refractivity contribution in [1.29, 1.82) is 0 Å². The van der Waals surface area contributed by atoms with Gasteiger partial charge < -0.3 is 14.8 Å². The monoisotopic (exact) mass is 346 g/mol. The maximum Gasteiger partial charge on any atom is 0.321 e. The fraction of sp³-hybridized carbons (Fsp3) is 0.444. The number of hydrogen-bond acceptors (Lipinski definition) is 2. The molecule has 5 nitrogen and oxygen atoms in total. The minimum Gasteiger partial charge on any atom is -0.335 e. The van der Waals surface area contributed by atoms with E-state index in [0.717, 1.165) is 50.4 Å². The first-order valence-electron chi connectivity index (χ1n) is 8.47. The van der Waals surface area contributed by atoms with Crippen molar-refractivity contribution >= 4 is 23.3 Å². The number of nitrogens with zero attached hydrogens (tertiary/aromatic N) is 3. The highest BCUT2D eigenvalue weighted by Gasteiger charge is 2.23. The maximum absolute atomic E-state index is 12.3. The summed E-state index contributed by atoms with van der Waals surface area (Å²) in [5, 5.41) is 3.60. The van der Waals surface area contributed by atoms with Crippen LogP contribution in [0.2, 0.25) is 5.02 Å². The van der Waals surface area contributed by atoms with E-state index in [9.17, 15) is 4.79 Å². The summed E-state index contributed by atoms with van der Waals surface area (Å²) in [5.41, 5.74) is 0.775. The molecule has 2 heterocycles. The summed E-state index contributed by atoms with van der Waals surface area (Å²) in [4.78, 5) is 18.6. The fourth-order valence-electron chi connectivity index (χ4n) is 3.15. The van der Waals surface area contributed by atoms with E-state index >= 15 is 0 Å². The molecule has 0 saturated carbocycles. The first-order chi connectivity index (χ1) is 11.7. The molecule has 3 rings (SSSR count). The molecule has 0 spiro atoms. The van der Waals surface area contributed by atoms with E-state index in [1.165, 1.54) is 0 Å². The lowest BCUT2D eigenvalue weighted by Gasteiger charge is -2.32. The number of benzene rings is 1. The van der Waals surface area contributed by atoms with Crippen molar-refractivity contribution < 1.29 is 4.79 Å². The van der Waals surface area contributed by atoms with E-state index in [-0.39, 0.29) is 6.03 Å². The van der Waals surface area contributed by atoms with Crippen molar-refractivity contribution in [3.8, 4) is 0 Å².